The van der Waals surface area contributed by atoms with Crippen LogP contribution in [-0.2, 0) is 11.3 Å². The fraction of sp³-hybridized carbons (Fsp3) is 0.158. The number of amides is 1. The maximum atomic E-state index is 12.5. The molecule has 0 atom stereocenters. The van der Waals surface area contributed by atoms with Crippen molar-refractivity contribution in [3.05, 3.63) is 63.5 Å². The predicted octanol–water partition coefficient (Wildman–Crippen LogP) is 4.28. The SMILES string of the molecule is COC(=O)c1cc(CNC(=O)c2sc3ccccc3c2Cl)ccc1OC. The topological polar surface area (TPSA) is 64.6 Å². The Morgan fingerprint density at radius 1 is 1.15 bits per heavy atom. The third kappa shape index (κ3) is 3.52. The van der Waals surface area contributed by atoms with Gasteiger partial charge in [-0.1, -0.05) is 35.9 Å². The first-order valence-electron chi connectivity index (χ1n) is 7.75. The van der Waals surface area contributed by atoms with Gasteiger partial charge in [0.1, 0.15) is 16.2 Å². The van der Waals surface area contributed by atoms with E-state index in [0.717, 1.165) is 15.6 Å². The van der Waals surface area contributed by atoms with E-state index < -0.39 is 5.97 Å². The molecule has 0 aliphatic heterocycles. The second-order valence-electron chi connectivity index (χ2n) is 5.45. The van der Waals surface area contributed by atoms with Crippen LogP contribution in [0.3, 0.4) is 0 Å². The van der Waals surface area contributed by atoms with Gasteiger partial charge in [0.05, 0.1) is 19.2 Å². The molecule has 3 rings (SSSR count). The zero-order chi connectivity index (χ0) is 18.7. The summed E-state index contributed by atoms with van der Waals surface area (Å²) in [5, 5.41) is 4.15. The number of fused-ring (bicyclic) bond motifs is 1. The molecule has 1 heterocycles. The highest BCUT2D eigenvalue weighted by Gasteiger charge is 2.17. The molecule has 0 saturated carbocycles. The summed E-state index contributed by atoms with van der Waals surface area (Å²) >= 11 is 7.68. The van der Waals surface area contributed by atoms with Gasteiger partial charge in [-0.15, -0.1) is 11.3 Å². The summed E-state index contributed by atoms with van der Waals surface area (Å²) in [4.78, 5) is 24.8. The van der Waals surface area contributed by atoms with Gasteiger partial charge in [0.15, 0.2) is 0 Å². The average Bonchev–Trinajstić information content (AvgIpc) is 3.02. The van der Waals surface area contributed by atoms with E-state index in [2.05, 4.69) is 5.32 Å². The Balaban J connectivity index is 1.79. The Morgan fingerprint density at radius 2 is 1.92 bits per heavy atom. The van der Waals surface area contributed by atoms with Gasteiger partial charge in [-0.25, -0.2) is 4.79 Å². The lowest BCUT2D eigenvalue weighted by Gasteiger charge is -2.10. The minimum Gasteiger partial charge on any atom is -0.496 e. The van der Waals surface area contributed by atoms with Crippen LogP contribution in [0.25, 0.3) is 10.1 Å². The van der Waals surface area contributed by atoms with Gasteiger partial charge in [0.2, 0.25) is 0 Å². The van der Waals surface area contributed by atoms with Crippen molar-refractivity contribution < 1.29 is 19.1 Å². The van der Waals surface area contributed by atoms with Crippen LogP contribution in [0.1, 0.15) is 25.6 Å². The van der Waals surface area contributed by atoms with Crippen molar-refractivity contribution in [1.29, 1.82) is 0 Å². The Morgan fingerprint density at radius 3 is 2.62 bits per heavy atom. The van der Waals surface area contributed by atoms with E-state index >= 15 is 0 Å². The van der Waals surface area contributed by atoms with Gasteiger partial charge in [-0.2, -0.15) is 0 Å². The zero-order valence-corrected chi connectivity index (χ0v) is 15.7. The molecule has 134 valence electrons. The number of benzene rings is 2. The summed E-state index contributed by atoms with van der Waals surface area (Å²) < 4.78 is 10.9. The predicted molar refractivity (Wildman–Crippen MR) is 102 cm³/mol. The van der Waals surface area contributed by atoms with Gasteiger partial charge in [0.25, 0.3) is 5.91 Å². The maximum absolute atomic E-state index is 12.5. The fourth-order valence-electron chi connectivity index (χ4n) is 2.56. The number of ether oxygens (including phenoxy) is 2. The van der Waals surface area contributed by atoms with E-state index in [9.17, 15) is 9.59 Å². The van der Waals surface area contributed by atoms with E-state index in [-0.39, 0.29) is 12.5 Å². The van der Waals surface area contributed by atoms with E-state index in [1.807, 2.05) is 24.3 Å². The van der Waals surface area contributed by atoms with E-state index in [1.165, 1.54) is 25.6 Å². The van der Waals surface area contributed by atoms with Crippen LogP contribution < -0.4 is 10.1 Å². The second kappa shape index (κ2) is 7.76. The van der Waals surface area contributed by atoms with E-state index in [0.29, 0.717) is 21.2 Å². The molecular weight excluding hydrogens is 374 g/mol. The molecule has 0 aliphatic rings. The van der Waals surface area contributed by atoms with Crippen LogP contribution in [0.2, 0.25) is 5.02 Å². The van der Waals surface area contributed by atoms with Gasteiger partial charge < -0.3 is 14.8 Å². The molecule has 3 aromatic rings. The van der Waals surface area contributed by atoms with E-state index in [4.69, 9.17) is 21.1 Å². The van der Waals surface area contributed by atoms with Crippen molar-refractivity contribution in [2.45, 2.75) is 6.54 Å². The highest BCUT2D eigenvalue weighted by atomic mass is 35.5. The number of halogens is 1. The molecule has 7 heteroatoms. The summed E-state index contributed by atoms with van der Waals surface area (Å²) in [6.45, 7) is 0.247. The molecule has 5 nitrogen and oxygen atoms in total. The number of thiophene rings is 1. The Labute approximate surface area is 159 Å². The first kappa shape index (κ1) is 18.2. The summed E-state index contributed by atoms with van der Waals surface area (Å²) in [5.74, 6) is -0.339. The van der Waals surface area contributed by atoms with Crippen molar-refractivity contribution in [3.8, 4) is 5.75 Å². The largest absolute Gasteiger partial charge is 0.496 e. The molecule has 1 N–H and O–H groups in total. The standard InChI is InChI=1S/C19H16ClNO4S/c1-24-14-8-7-11(9-13(14)19(23)25-2)10-21-18(22)17-16(20)12-5-3-4-6-15(12)26-17/h3-9H,10H2,1-2H3,(H,21,22). The average molecular weight is 390 g/mol. The van der Waals surface area contributed by atoms with Gasteiger partial charge in [0, 0.05) is 16.6 Å². The first-order valence-corrected chi connectivity index (χ1v) is 8.95. The van der Waals surface area contributed by atoms with Gasteiger partial charge >= 0.3 is 5.97 Å². The number of hydrogen-bond acceptors (Lipinski definition) is 5. The number of hydrogen-bond donors (Lipinski definition) is 1. The van der Waals surface area contributed by atoms with Gasteiger partial charge in [-0.3, -0.25) is 4.79 Å². The molecule has 0 radical (unpaired) electrons. The molecule has 1 aromatic heterocycles. The number of carbonyl (C=O) groups excluding carboxylic acids is 2. The molecule has 0 bridgehead atoms. The number of methoxy groups -OCH3 is 2. The minimum absolute atomic E-state index is 0.247. The van der Waals surface area contributed by atoms with Crippen molar-refractivity contribution in [2.24, 2.45) is 0 Å². The summed E-state index contributed by atoms with van der Waals surface area (Å²) in [7, 11) is 2.78. The van der Waals surface area contributed by atoms with Crippen molar-refractivity contribution in [3.63, 3.8) is 0 Å². The normalized spacial score (nSPS) is 10.6. The summed E-state index contributed by atoms with van der Waals surface area (Å²) in [6, 6.07) is 12.7. The lowest BCUT2D eigenvalue weighted by atomic mass is 10.1. The number of rotatable bonds is 5. The lowest BCUT2D eigenvalue weighted by Crippen LogP contribution is -2.22. The number of carbonyl (C=O) groups is 2. The molecule has 26 heavy (non-hydrogen) atoms. The molecule has 0 saturated heterocycles. The molecule has 0 aliphatic carbocycles. The van der Waals surface area contributed by atoms with Crippen LogP contribution in [0.5, 0.6) is 5.75 Å². The highest BCUT2D eigenvalue weighted by Crippen LogP contribution is 2.35. The zero-order valence-electron chi connectivity index (χ0n) is 14.2. The number of nitrogens with one attached hydrogen (secondary N) is 1. The molecule has 1 amide bonds. The quantitative estimate of drug-likeness (QED) is 0.661. The number of esters is 1. The van der Waals surface area contributed by atoms with E-state index in [1.54, 1.807) is 18.2 Å². The maximum Gasteiger partial charge on any atom is 0.341 e. The van der Waals surface area contributed by atoms with Crippen LogP contribution in [0.4, 0.5) is 0 Å². The summed E-state index contributed by atoms with van der Waals surface area (Å²) in [5.41, 5.74) is 1.05. The Bertz CT molecular complexity index is 983. The van der Waals surface area contributed by atoms with Crippen LogP contribution >= 0.6 is 22.9 Å². The van der Waals surface area contributed by atoms with Crippen LogP contribution in [0.15, 0.2) is 42.5 Å². The summed E-state index contributed by atoms with van der Waals surface area (Å²) in [6.07, 6.45) is 0. The molecular formula is C19H16ClNO4S. The molecule has 0 fully saturated rings. The fourth-order valence-corrected chi connectivity index (χ4v) is 3.99. The lowest BCUT2D eigenvalue weighted by molar-refractivity contribution is 0.0597. The minimum atomic E-state index is -0.498. The highest BCUT2D eigenvalue weighted by molar-refractivity contribution is 7.21. The Kier molecular flexibility index (Phi) is 5.44. The first-order chi connectivity index (χ1) is 12.5. The Hall–Kier alpha value is -2.57. The third-order valence-corrected chi connectivity index (χ3v) is 5.54. The molecule has 0 spiro atoms. The monoisotopic (exact) mass is 389 g/mol. The second-order valence-corrected chi connectivity index (χ2v) is 6.88. The van der Waals surface area contributed by atoms with Crippen LogP contribution in [-0.4, -0.2) is 26.1 Å². The third-order valence-electron chi connectivity index (χ3n) is 3.86. The van der Waals surface area contributed by atoms with Crippen LogP contribution in [0, 0.1) is 0 Å². The van der Waals surface area contributed by atoms with Crippen molar-refractivity contribution >= 4 is 44.9 Å². The van der Waals surface area contributed by atoms with Crippen molar-refractivity contribution in [2.75, 3.05) is 14.2 Å². The smallest absolute Gasteiger partial charge is 0.341 e. The molecule has 0 unspecified atom stereocenters. The van der Waals surface area contributed by atoms with Gasteiger partial charge in [-0.05, 0) is 23.8 Å². The van der Waals surface area contributed by atoms with Crippen molar-refractivity contribution in [1.82, 2.24) is 5.32 Å². The molecule has 2 aromatic carbocycles.